The Morgan fingerprint density at radius 2 is 1.42 bits per heavy atom. The maximum absolute atomic E-state index is 5.48. The summed E-state index contributed by atoms with van der Waals surface area (Å²) in [5.74, 6) is 1.15. The van der Waals surface area contributed by atoms with E-state index in [2.05, 4.69) is 204 Å². The zero-order valence-corrected chi connectivity index (χ0v) is 39.2. The van der Waals surface area contributed by atoms with Crippen LogP contribution >= 0.6 is 0 Å². The van der Waals surface area contributed by atoms with Crippen LogP contribution < -0.4 is 0 Å². The molecule has 1 heterocycles. The second-order valence-corrected chi connectivity index (χ2v) is 20.5. The Balaban J connectivity index is 1.14. The van der Waals surface area contributed by atoms with Gasteiger partial charge in [-0.05, 0) is 154 Å². The van der Waals surface area contributed by atoms with E-state index in [0.29, 0.717) is 11.7 Å². The van der Waals surface area contributed by atoms with Gasteiger partial charge in [-0.2, -0.15) is 0 Å². The minimum Gasteiger partial charge on any atom is -0.228 e. The number of fused-ring (bicyclic) bond motifs is 6. The molecule has 1 aromatic heterocycles. The fourth-order valence-corrected chi connectivity index (χ4v) is 12.6. The van der Waals surface area contributed by atoms with E-state index in [-0.39, 0.29) is 16.2 Å². The van der Waals surface area contributed by atoms with Crippen LogP contribution in [-0.2, 0) is 17.3 Å². The average molecular weight is 865 g/mol. The molecule has 6 aliphatic carbocycles. The van der Waals surface area contributed by atoms with Crippen molar-refractivity contribution in [2.75, 3.05) is 0 Å². The largest absolute Gasteiger partial charge is 0.228 e. The van der Waals surface area contributed by atoms with Crippen LogP contribution in [0.15, 0.2) is 198 Å². The Hall–Kier alpha value is -7.08. The van der Waals surface area contributed by atoms with Crippen molar-refractivity contribution in [3.05, 3.63) is 233 Å². The number of aromatic nitrogens is 2. The molecular formula is C65H56N2. The average Bonchev–Trinajstić information content (AvgIpc) is 3.38. The minimum absolute atomic E-state index is 0.00134. The van der Waals surface area contributed by atoms with Crippen LogP contribution in [0, 0.1) is 23.5 Å². The van der Waals surface area contributed by atoms with Crippen molar-refractivity contribution in [1.29, 1.82) is 0 Å². The van der Waals surface area contributed by atoms with E-state index in [1.165, 1.54) is 66.8 Å². The van der Waals surface area contributed by atoms with E-state index in [0.717, 1.165) is 67.5 Å². The molecule has 12 rings (SSSR count). The summed E-state index contributed by atoms with van der Waals surface area (Å²) in [5.41, 5.74) is 22.7. The summed E-state index contributed by atoms with van der Waals surface area (Å²) in [6.07, 6.45) is 32.9. The molecule has 0 aliphatic heterocycles. The van der Waals surface area contributed by atoms with E-state index in [4.69, 9.17) is 9.97 Å². The first kappa shape index (κ1) is 41.4. The molecule has 0 saturated carbocycles. The van der Waals surface area contributed by atoms with E-state index < -0.39 is 0 Å². The molecular weight excluding hydrogens is 809 g/mol. The molecule has 2 heteroatoms. The van der Waals surface area contributed by atoms with E-state index in [1.54, 1.807) is 11.1 Å². The summed E-state index contributed by atoms with van der Waals surface area (Å²) in [6.45, 7) is 9.70. The van der Waals surface area contributed by atoms with Crippen LogP contribution in [0.2, 0.25) is 0 Å². The van der Waals surface area contributed by atoms with Gasteiger partial charge >= 0.3 is 0 Å². The van der Waals surface area contributed by atoms with E-state index in [1.807, 2.05) is 12.1 Å². The van der Waals surface area contributed by atoms with Crippen molar-refractivity contribution in [3.63, 3.8) is 0 Å². The Morgan fingerprint density at radius 1 is 0.627 bits per heavy atom. The molecule has 0 radical (unpaired) electrons. The normalized spacial score (nSPS) is 21.6. The first-order valence-electron chi connectivity index (χ1n) is 24.5. The van der Waals surface area contributed by atoms with Gasteiger partial charge in [-0.3, -0.25) is 0 Å². The predicted octanol–water partition coefficient (Wildman–Crippen LogP) is 16.3. The quantitative estimate of drug-likeness (QED) is 0.167. The molecule has 2 nitrogen and oxygen atoms in total. The first-order chi connectivity index (χ1) is 32.7. The molecule has 326 valence electrons. The maximum atomic E-state index is 5.48. The Kier molecular flexibility index (Phi) is 9.92. The highest BCUT2D eigenvalue weighted by molar-refractivity contribution is 5.93. The van der Waals surface area contributed by atoms with Crippen LogP contribution in [0.25, 0.3) is 61.6 Å². The smallest absolute Gasteiger partial charge is 0.161 e. The number of allylic oxidation sites excluding steroid dienone is 16. The lowest BCUT2D eigenvalue weighted by Crippen LogP contribution is -2.44. The Labute approximate surface area is 397 Å². The van der Waals surface area contributed by atoms with Crippen molar-refractivity contribution in [2.45, 2.75) is 83.5 Å². The molecule has 0 saturated heterocycles. The van der Waals surface area contributed by atoms with Crippen LogP contribution in [0.3, 0.4) is 0 Å². The number of nitrogens with zero attached hydrogens (tertiary/aromatic N) is 2. The van der Waals surface area contributed by atoms with Gasteiger partial charge in [0.05, 0.1) is 11.4 Å². The standard InChI is InChI=1S/C65H56N2/c1-43-20-18-25-48(38-43)59-41-60(67-62(66-59)45-23-10-6-11-24-45)51-27-19-26-49-42-65(56-30-14-12-28-54(56)63(2,3)55-29-13-15-31-57(55)65)53-35-33-47(39-52(53)61(49)51)50-34-32-46(44-21-8-5-9-22-44)40-58(50)64(4)36-16-7-17-37-64/h5,7-10,14-27,30-36,39-41,43H,12-13,28-29,37-38,42H2,1-4H3. The summed E-state index contributed by atoms with van der Waals surface area (Å²) >= 11 is 0. The third-order valence-electron chi connectivity index (χ3n) is 16.0. The third kappa shape index (κ3) is 6.77. The van der Waals surface area contributed by atoms with Crippen LogP contribution in [0.1, 0.15) is 88.6 Å². The van der Waals surface area contributed by atoms with Gasteiger partial charge in [0, 0.05) is 27.4 Å². The summed E-state index contributed by atoms with van der Waals surface area (Å²) in [7, 11) is 0. The van der Waals surface area contributed by atoms with Crippen molar-refractivity contribution in [2.24, 2.45) is 11.3 Å². The lowest BCUT2D eigenvalue weighted by molar-refractivity contribution is 0.422. The van der Waals surface area contributed by atoms with E-state index >= 15 is 0 Å². The van der Waals surface area contributed by atoms with Gasteiger partial charge in [0.1, 0.15) is 0 Å². The molecule has 6 aliphatic rings. The predicted molar refractivity (Wildman–Crippen MR) is 278 cm³/mol. The molecule has 0 N–H and O–H groups in total. The minimum atomic E-state index is -0.329. The fraction of sp³-hybridized carbons (Fsp3) is 0.231. The van der Waals surface area contributed by atoms with Gasteiger partial charge in [-0.1, -0.05) is 191 Å². The SMILES string of the molecule is CC1C=CC=C(c2cc(-c3cccc4c3-c3cc(-c5ccc(-c6ccccc6)cc5C5(C)C=CC=CC5)ccc3C3(C4)C4=C(CCC=C4)C(C)(C)C4=C3C=CCC4)nc(-c3cc#ccc3)n2)C1. The maximum Gasteiger partial charge on any atom is 0.161 e. The molecule has 6 aromatic rings. The first-order valence-corrected chi connectivity index (χ1v) is 24.5. The second kappa shape index (κ2) is 16.1. The molecule has 67 heavy (non-hydrogen) atoms. The molecule has 2 atom stereocenters. The van der Waals surface area contributed by atoms with Crippen molar-refractivity contribution in [3.8, 4) is 56.0 Å². The fourth-order valence-electron chi connectivity index (χ4n) is 12.6. The number of rotatable bonds is 6. The lowest BCUT2D eigenvalue weighted by Gasteiger charge is -2.53. The number of hydrogen-bond donors (Lipinski definition) is 0. The van der Waals surface area contributed by atoms with Crippen LogP contribution in [0.5, 0.6) is 0 Å². The molecule has 0 bridgehead atoms. The van der Waals surface area contributed by atoms with Crippen molar-refractivity contribution < 1.29 is 0 Å². The highest BCUT2D eigenvalue weighted by Crippen LogP contribution is 2.63. The third-order valence-corrected chi connectivity index (χ3v) is 16.0. The highest BCUT2D eigenvalue weighted by atomic mass is 14.9. The van der Waals surface area contributed by atoms with Crippen LogP contribution in [-0.4, -0.2) is 9.97 Å². The molecule has 0 amide bonds. The van der Waals surface area contributed by atoms with Gasteiger partial charge in [0.25, 0.3) is 0 Å². The van der Waals surface area contributed by atoms with Crippen molar-refractivity contribution in [1.82, 2.24) is 9.97 Å². The molecule has 0 fully saturated rings. The van der Waals surface area contributed by atoms with Gasteiger partial charge < -0.3 is 0 Å². The van der Waals surface area contributed by atoms with Crippen molar-refractivity contribution >= 4 is 5.57 Å². The van der Waals surface area contributed by atoms with Gasteiger partial charge in [-0.25, -0.2) is 9.97 Å². The molecule has 5 aromatic carbocycles. The van der Waals surface area contributed by atoms with Gasteiger partial charge in [0.2, 0.25) is 0 Å². The number of benzene rings is 4. The Bertz CT molecular complexity index is 3210. The molecule has 1 spiro atoms. The summed E-state index contributed by atoms with van der Waals surface area (Å²) < 4.78 is 0. The highest BCUT2D eigenvalue weighted by Gasteiger charge is 2.52. The lowest BCUT2D eigenvalue weighted by atomic mass is 9.50. The zero-order chi connectivity index (χ0) is 45.3. The van der Waals surface area contributed by atoms with Crippen LogP contribution in [0.4, 0.5) is 0 Å². The summed E-state index contributed by atoms with van der Waals surface area (Å²) in [6, 6.07) is 47.0. The van der Waals surface area contributed by atoms with Gasteiger partial charge in [-0.15, -0.1) is 0 Å². The molecule has 2 unspecified atom stereocenters. The second-order valence-electron chi connectivity index (χ2n) is 20.5. The Morgan fingerprint density at radius 3 is 2.16 bits per heavy atom. The summed E-state index contributed by atoms with van der Waals surface area (Å²) in [4.78, 5) is 10.8. The number of hydrogen-bond acceptors (Lipinski definition) is 2. The summed E-state index contributed by atoms with van der Waals surface area (Å²) in [5, 5.41) is 0. The topological polar surface area (TPSA) is 25.8 Å². The van der Waals surface area contributed by atoms with E-state index in [9.17, 15) is 0 Å². The van der Waals surface area contributed by atoms with Gasteiger partial charge in [0.15, 0.2) is 5.82 Å². The zero-order valence-electron chi connectivity index (χ0n) is 39.2. The monoisotopic (exact) mass is 864 g/mol.